The molecule has 0 bridgehead atoms. The highest BCUT2D eigenvalue weighted by Crippen LogP contribution is 2.42. The minimum absolute atomic E-state index is 0.0210. The average molecular weight is 680 g/mol. The fourth-order valence-electron chi connectivity index (χ4n) is 8.13. The average Bonchev–Trinajstić information content (AvgIpc) is 3.57. The molecule has 1 aromatic heterocycles. The molecule has 0 saturated heterocycles. The molecule has 0 fully saturated rings. The highest BCUT2D eigenvalue weighted by atomic mass is 16.5. The summed E-state index contributed by atoms with van der Waals surface area (Å²) in [6, 6.07) is 63.7. The van der Waals surface area contributed by atoms with Gasteiger partial charge in [-0.1, -0.05) is 109 Å². The molecular formula is C48H30BNO3. The van der Waals surface area contributed by atoms with Crippen molar-refractivity contribution in [3.8, 4) is 45.3 Å². The van der Waals surface area contributed by atoms with Gasteiger partial charge in [-0.05, 0) is 99.9 Å². The summed E-state index contributed by atoms with van der Waals surface area (Å²) in [6.45, 7) is -0.0210. The zero-order valence-electron chi connectivity index (χ0n) is 28.6. The Bertz CT molecular complexity index is 2780. The number of hydrogen-bond donors (Lipinski definition) is 0. The van der Waals surface area contributed by atoms with E-state index in [0.717, 1.165) is 89.5 Å². The van der Waals surface area contributed by atoms with E-state index in [4.69, 9.17) is 13.9 Å². The number of nitrogens with zero attached hydrogens (tertiary/aromatic N) is 1. The Hall–Kier alpha value is -6.98. The lowest BCUT2D eigenvalue weighted by Crippen LogP contribution is -2.57. The number of benzene rings is 8. The minimum atomic E-state index is -0.0210. The van der Waals surface area contributed by atoms with Crippen LogP contribution in [0, 0.1) is 0 Å². The number of anilines is 3. The molecule has 0 N–H and O–H groups in total. The second-order valence-electron chi connectivity index (χ2n) is 13.7. The third-order valence-corrected chi connectivity index (χ3v) is 10.6. The lowest BCUT2D eigenvalue weighted by atomic mass is 9.35. The van der Waals surface area contributed by atoms with Gasteiger partial charge in [-0.2, -0.15) is 0 Å². The Morgan fingerprint density at radius 1 is 0.358 bits per heavy atom. The van der Waals surface area contributed by atoms with E-state index in [1.807, 2.05) is 30.3 Å². The van der Waals surface area contributed by atoms with E-state index in [1.165, 1.54) is 11.1 Å². The Morgan fingerprint density at radius 2 is 0.906 bits per heavy atom. The van der Waals surface area contributed by atoms with Crippen LogP contribution < -0.4 is 30.8 Å². The van der Waals surface area contributed by atoms with Crippen molar-refractivity contribution < 1.29 is 13.9 Å². The lowest BCUT2D eigenvalue weighted by Gasteiger charge is -2.32. The normalized spacial score (nSPS) is 12.4. The summed E-state index contributed by atoms with van der Waals surface area (Å²) in [7, 11) is 0. The molecule has 11 rings (SSSR count). The van der Waals surface area contributed by atoms with Crippen molar-refractivity contribution in [1.29, 1.82) is 0 Å². The Labute approximate surface area is 307 Å². The fourth-order valence-corrected chi connectivity index (χ4v) is 8.13. The highest BCUT2D eigenvalue weighted by molar-refractivity contribution is 6.98. The predicted molar refractivity (Wildman–Crippen MR) is 217 cm³/mol. The van der Waals surface area contributed by atoms with Crippen LogP contribution in [0.25, 0.3) is 44.2 Å². The van der Waals surface area contributed by atoms with E-state index >= 15 is 0 Å². The second kappa shape index (κ2) is 11.8. The SMILES string of the molecule is c1ccc(-c2cccc(N(c3cccc(-c4ccccc4)c3)c3ccc4c(c3)oc3cc5c(cc34)Oc3cccc4c3B5c3ccccc3O4)c2)cc1. The van der Waals surface area contributed by atoms with Crippen LogP contribution in [0.15, 0.2) is 186 Å². The van der Waals surface area contributed by atoms with Crippen molar-refractivity contribution in [2.75, 3.05) is 4.90 Å². The number of para-hydroxylation sites is 1. The Balaban J connectivity index is 1.07. The van der Waals surface area contributed by atoms with Crippen molar-refractivity contribution in [3.05, 3.63) is 182 Å². The van der Waals surface area contributed by atoms with Crippen LogP contribution >= 0.6 is 0 Å². The van der Waals surface area contributed by atoms with Gasteiger partial charge in [0.15, 0.2) is 0 Å². The first-order valence-electron chi connectivity index (χ1n) is 17.9. The smallest absolute Gasteiger partial charge is 0.260 e. The molecule has 9 aromatic rings. The number of hydrogen-bond acceptors (Lipinski definition) is 4. The van der Waals surface area contributed by atoms with Crippen molar-refractivity contribution in [1.82, 2.24) is 0 Å². The first kappa shape index (κ1) is 29.7. The molecule has 2 aliphatic rings. The molecule has 0 radical (unpaired) electrons. The summed E-state index contributed by atoms with van der Waals surface area (Å²) in [4.78, 5) is 2.32. The van der Waals surface area contributed by atoms with E-state index in [1.54, 1.807) is 0 Å². The van der Waals surface area contributed by atoms with Gasteiger partial charge in [0, 0.05) is 39.4 Å². The molecule has 4 nitrogen and oxygen atoms in total. The van der Waals surface area contributed by atoms with E-state index in [-0.39, 0.29) is 6.71 Å². The quantitative estimate of drug-likeness (QED) is 0.170. The van der Waals surface area contributed by atoms with E-state index < -0.39 is 0 Å². The molecule has 5 heteroatoms. The molecule has 0 amide bonds. The Morgan fingerprint density at radius 3 is 1.60 bits per heavy atom. The topological polar surface area (TPSA) is 34.8 Å². The van der Waals surface area contributed by atoms with Crippen molar-refractivity contribution in [3.63, 3.8) is 0 Å². The second-order valence-corrected chi connectivity index (χ2v) is 13.7. The van der Waals surface area contributed by atoms with Crippen LogP contribution in [0.4, 0.5) is 17.1 Å². The molecule has 2 aliphatic heterocycles. The molecule has 248 valence electrons. The van der Waals surface area contributed by atoms with Crippen molar-refractivity contribution in [2.24, 2.45) is 0 Å². The van der Waals surface area contributed by atoms with Crippen molar-refractivity contribution in [2.45, 2.75) is 0 Å². The molecule has 0 saturated carbocycles. The van der Waals surface area contributed by atoms with Gasteiger partial charge in [-0.25, -0.2) is 0 Å². The largest absolute Gasteiger partial charge is 0.458 e. The summed E-state index contributed by atoms with van der Waals surface area (Å²) in [5.41, 5.74) is 12.7. The summed E-state index contributed by atoms with van der Waals surface area (Å²) < 4.78 is 19.7. The van der Waals surface area contributed by atoms with Crippen LogP contribution in [-0.4, -0.2) is 6.71 Å². The molecule has 8 aromatic carbocycles. The van der Waals surface area contributed by atoms with Gasteiger partial charge >= 0.3 is 0 Å². The van der Waals surface area contributed by atoms with Crippen LogP contribution in [0.2, 0.25) is 0 Å². The van der Waals surface area contributed by atoms with Gasteiger partial charge in [0.2, 0.25) is 0 Å². The molecule has 3 heterocycles. The minimum Gasteiger partial charge on any atom is -0.458 e. The maximum absolute atomic E-state index is 6.77. The van der Waals surface area contributed by atoms with Crippen LogP contribution in [0.1, 0.15) is 0 Å². The number of ether oxygens (including phenoxy) is 2. The maximum Gasteiger partial charge on any atom is 0.260 e. The van der Waals surface area contributed by atoms with E-state index in [0.29, 0.717) is 0 Å². The zero-order valence-corrected chi connectivity index (χ0v) is 28.6. The van der Waals surface area contributed by atoms with Gasteiger partial charge in [-0.3, -0.25) is 0 Å². The zero-order chi connectivity index (χ0) is 34.9. The standard InChI is InChI=1S/C48H30BNO3/c1-3-12-31(13-4-1)33-16-9-18-35(26-33)50(36-19-10-17-34(27-36)32-14-5-2-6-15-32)37-24-25-38-39-29-47-41(30-46(39)53-45(38)28-37)49-40-20-7-8-21-42(40)51-43-22-11-23-44(52-47)48(43)49/h1-30H. The van der Waals surface area contributed by atoms with Gasteiger partial charge in [-0.15, -0.1) is 0 Å². The molecule has 0 unspecified atom stereocenters. The fraction of sp³-hybridized carbons (Fsp3) is 0. The third-order valence-electron chi connectivity index (χ3n) is 10.6. The van der Waals surface area contributed by atoms with Gasteiger partial charge < -0.3 is 18.8 Å². The molecule has 0 aliphatic carbocycles. The highest BCUT2D eigenvalue weighted by Gasteiger charge is 2.40. The Kier molecular flexibility index (Phi) is 6.61. The summed E-state index contributed by atoms with van der Waals surface area (Å²) in [6.07, 6.45) is 0. The number of furan rings is 1. The predicted octanol–water partition coefficient (Wildman–Crippen LogP) is 11.1. The van der Waals surface area contributed by atoms with Crippen LogP contribution in [-0.2, 0) is 0 Å². The maximum atomic E-state index is 6.77. The van der Waals surface area contributed by atoms with Crippen LogP contribution in [0.3, 0.4) is 0 Å². The number of rotatable bonds is 5. The van der Waals surface area contributed by atoms with Crippen molar-refractivity contribution >= 4 is 62.1 Å². The summed E-state index contributed by atoms with van der Waals surface area (Å²) in [5, 5.41) is 2.06. The monoisotopic (exact) mass is 679 g/mol. The lowest BCUT2D eigenvalue weighted by molar-refractivity contribution is 0.465. The molecule has 0 spiro atoms. The summed E-state index contributed by atoms with van der Waals surface area (Å²) >= 11 is 0. The molecule has 0 atom stereocenters. The van der Waals surface area contributed by atoms with Gasteiger partial charge in [0.05, 0.1) is 0 Å². The van der Waals surface area contributed by atoms with Crippen LogP contribution in [0.5, 0.6) is 23.0 Å². The van der Waals surface area contributed by atoms with Gasteiger partial charge in [0.1, 0.15) is 34.2 Å². The first-order valence-corrected chi connectivity index (χ1v) is 17.9. The molecular weight excluding hydrogens is 649 g/mol. The molecule has 53 heavy (non-hydrogen) atoms. The van der Waals surface area contributed by atoms with E-state index in [2.05, 4.69) is 157 Å². The van der Waals surface area contributed by atoms with Gasteiger partial charge in [0.25, 0.3) is 6.71 Å². The third kappa shape index (κ3) is 4.85. The van der Waals surface area contributed by atoms with E-state index in [9.17, 15) is 0 Å². The first-order chi connectivity index (χ1) is 26.2. The number of fused-ring (bicyclic) bond motifs is 7. The summed E-state index contributed by atoms with van der Waals surface area (Å²) in [5.74, 6) is 3.37.